The quantitative estimate of drug-likeness (QED) is 0.877. The molecule has 0 aliphatic carbocycles. The average Bonchev–Trinajstić information content (AvgIpc) is 2.53. The van der Waals surface area contributed by atoms with E-state index in [1.54, 1.807) is 4.90 Å². The molecular weight excluding hydrogens is 294 g/mol. The summed E-state index contributed by atoms with van der Waals surface area (Å²) in [6, 6.07) is 10.8. The Morgan fingerprint density at radius 1 is 1.13 bits per heavy atom. The number of aryl methyl sites for hydroxylation is 1. The third kappa shape index (κ3) is 3.36. The van der Waals surface area contributed by atoms with Crippen LogP contribution < -0.4 is 10.5 Å². The van der Waals surface area contributed by atoms with E-state index in [2.05, 4.69) is 35.0 Å². The standard InChI is InChI=1S/C17H19N3O3/c1-12-3-2-4-14(9-12)19-5-7-20(8-6-19)17(23)13-10-15(21)18-16(22)11-13/h2-4,9-11H,5-8H2,1H3,(H2,18,21,22). The van der Waals surface area contributed by atoms with Crippen LogP contribution in [0.25, 0.3) is 0 Å². The lowest BCUT2D eigenvalue weighted by Gasteiger charge is -2.36. The molecule has 1 saturated heterocycles. The summed E-state index contributed by atoms with van der Waals surface area (Å²) < 4.78 is 0. The molecule has 1 aromatic heterocycles. The topological polar surface area (TPSA) is 76.6 Å². The van der Waals surface area contributed by atoms with E-state index in [4.69, 9.17) is 0 Å². The molecule has 0 atom stereocenters. The van der Waals surface area contributed by atoms with Crippen LogP contribution >= 0.6 is 0 Å². The van der Waals surface area contributed by atoms with Gasteiger partial charge in [0.1, 0.15) is 0 Å². The van der Waals surface area contributed by atoms with Gasteiger partial charge in [-0.3, -0.25) is 14.6 Å². The molecule has 23 heavy (non-hydrogen) atoms. The third-order valence-electron chi connectivity index (χ3n) is 4.01. The van der Waals surface area contributed by atoms with Gasteiger partial charge in [0.2, 0.25) is 0 Å². The van der Waals surface area contributed by atoms with Gasteiger partial charge in [-0.15, -0.1) is 0 Å². The van der Waals surface area contributed by atoms with Crippen LogP contribution in [0.2, 0.25) is 0 Å². The molecule has 0 spiro atoms. The van der Waals surface area contributed by atoms with Gasteiger partial charge in [-0.25, -0.2) is 0 Å². The number of amides is 1. The maximum atomic E-state index is 12.4. The number of anilines is 1. The number of hydrogen-bond acceptors (Lipinski definition) is 4. The van der Waals surface area contributed by atoms with Crippen molar-refractivity contribution in [3.8, 4) is 5.88 Å². The van der Waals surface area contributed by atoms with E-state index in [1.807, 2.05) is 6.07 Å². The number of H-pyrrole nitrogens is 1. The summed E-state index contributed by atoms with van der Waals surface area (Å²) in [6.07, 6.45) is 0. The van der Waals surface area contributed by atoms with Crippen molar-refractivity contribution in [3.63, 3.8) is 0 Å². The molecule has 2 heterocycles. The molecule has 1 amide bonds. The van der Waals surface area contributed by atoms with E-state index in [9.17, 15) is 14.7 Å². The molecule has 1 aromatic carbocycles. The number of piperazine rings is 1. The number of aromatic amines is 1. The maximum Gasteiger partial charge on any atom is 0.254 e. The number of aromatic hydroxyl groups is 1. The minimum Gasteiger partial charge on any atom is -0.494 e. The summed E-state index contributed by atoms with van der Waals surface area (Å²) in [7, 11) is 0. The molecule has 0 bridgehead atoms. The summed E-state index contributed by atoms with van der Waals surface area (Å²) >= 11 is 0. The number of carbonyl (C=O) groups is 1. The van der Waals surface area contributed by atoms with Crippen LogP contribution in [0, 0.1) is 6.92 Å². The van der Waals surface area contributed by atoms with Crippen LogP contribution in [0.3, 0.4) is 0 Å². The van der Waals surface area contributed by atoms with E-state index in [1.165, 1.54) is 17.7 Å². The van der Waals surface area contributed by atoms with Crippen molar-refractivity contribution in [1.82, 2.24) is 9.88 Å². The first kappa shape index (κ1) is 15.1. The molecule has 0 unspecified atom stereocenters. The molecule has 2 N–H and O–H groups in total. The number of benzene rings is 1. The fraction of sp³-hybridized carbons (Fsp3) is 0.294. The fourth-order valence-electron chi connectivity index (χ4n) is 2.83. The van der Waals surface area contributed by atoms with Crippen molar-refractivity contribution in [3.05, 3.63) is 57.9 Å². The summed E-state index contributed by atoms with van der Waals surface area (Å²) in [4.78, 5) is 30.0. The highest BCUT2D eigenvalue weighted by Crippen LogP contribution is 2.18. The van der Waals surface area contributed by atoms with Gasteiger partial charge in [0, 0.05) is 44.0 Å². The van der Waals surface area contributed by atoms with E-state index < -0.39 is 5.56 Å². The SMILES string of the molecule is Cc1cccc(N2CCN(C(=O)c3cc(O)[nH]c(=O)c3)CC2)c1. The summed E-state index contributed by atoms with van der Waals surface area (Å²) in [5, 5.41) is 9.42. The molecule has 1 fully saturated rings. The van der Waals surface area contributed by atoms with Crippen molar-refractivity contribution < 1.29 is 9.90 Å². The molecule has 0 radical (unpaired) electrons. The Balaban J connectivity index is 1.69. The Hall–Kier alpha value is -2.76. The second kappa shape index (κ2) is 6.16. The average molecular weight is 313 g/mol. The van der Waals surface area contributed by atoms with Crippen LogP contribution in [0.15, 0.2) is 41.2 Å². The van der Waals surface area contributed by atoms with Crippen LogP contribution in [-0.4, -0.2) is 47.1 Å². The molecule has 6 nitrogen and oxygen atoms in total. The predicted octanol–water partition coefficient (Wildman–Crippen LogP) is 1.35. The zero-order chi connectivity index (χ0) is 16.4. The predicted molar refractivity (Wildman–Crippen MR) is 88.0 cm³/mol. The number of nitrogens with one attached hydrogen (secondary N) is 1. The van der Waals surface area contributed by atoms with Crippen molar-refractivity contribution in [2.45, 2.75) is 6.92 Å². The third-order valence-corrected chi connectivity index (χ3v) is 4.01. The van der Waals surface area contributed by atoms with Crippen molar-refractivity contribution in [2.24, 2.45) is 0 Å². The minimum atomic E-state index is -0.480. The van der Waals surface area contributed by atoms with Gasteiger partial charge in [-0.1, -0.05) is 12.1 Å². The zero-order valence-electron chi connectivity index (χ0n) is 13.0. The maximum absolute atomic E-state index is 12.4. The number of aromatic nitrogens is 1. The van der Waals surface area contributed by atoms with Crippen LogP contribution in [0.1, 0.15) is 15.9 Å². The molecule has 1 aliphatic rings. The second-order valence-electron chi connectivity index (χ2n) is 5.74. The molecule has 2 aromatic rings. The van der Waals surface area contributed by atoms with E-state index in [0.717, 1.165) is 18.8 Å². The molecule has 3 rings (SSSR count). The Morgan fingerprint density at radius 2 is 1.87 bits per heavy atom. The molecule has 1 aliphatic heterocycles. The number of rotatable bonds is 2. The Labute approximate surface area is 134 Å². The van der Waals surface area contributed by atoms with Crippen LogP contribution in [0.4, 0.5) is 5.69 Å². The van der Waals surface area contributed by atoms with Gasteiger partial charge in [-0.05, 0) is 24.6 Å². The first-order chi connectivity index (χ1) is 11.0. The summed E-state index contributed by atoms with van der Waals surface area (Å²) in [6.45, 7) is 4.71. The lowest BCUT2D eigenvalue weighted by atomic mass is 10.1. The number of hydrogen-bond donors (Lipinski definition) is 2. The first-order valence-electron chi connectivity index (χ1n) is 7.57. The fourth-order valence-corrected chi connectivity index (χ4v) is 2.83. The highest BCUT2D eigenvalue weighted by atomic mass is 16.3. The van der Waals surface area contributed by atoms with E-state index in [0.29, 0.717) is 13.1 Å². The van der Waals surface area contributed by atoms with Gasteiger partial charge in [-0.2, -0.15) is 0 Å². The lowest BCUT2D eigenvalue weighted by Crippen LogP contribution is -2.48. The zero-order valence-corrected chi connectivity index (χ0v) is 13.0. The van der Waals surface area contributed by atoms with Crippen molar-refractivity contribution >= 4 is 11.6 Å². The largest absolute Gasteiger partial charge is 0.494 e. The second-order valence-corrected chi connectivity index (χ2v) is 5.74. The summed E-state index contributed by atoms with van der Waals surface area (Å²) in [5.74, 6) is -0.519. The Kier molecular flexibility index (Phi) is 4.06. The van der Waals surface area contributed by atoms with Gasteiger partial charge < -0.3 is 14.9 Å². The van der Waals surface area contributed by atoms with Crippen LogP contribution in [-0.2, 0) is 0 Å². The van der Waals surface area contributed by atoms with E-state index in [-0.39, 0.29) is 17.4 Å². The number of pyridine rings is 1. The van der Waals surface area contributed by atoms with Crippen LogP contribution in [0.5, 0.6) is 5.88 Å². The van der Waals surface area contributed by atoms with Gasteiger partial charge >= 0.3 is 0 Å². The smallest absolute Gasteiger partial charge is 0.254 e. The normalized spacial score (nSPS) is 14.8. The van der Waals surface area contributed by atoms with Gasteiger partial charge in [0.15, 0.2) is 5.88 Å². The molecule has 6 heteroatoms. The number of nitrogens with zero attached hydrogens (tertiary/aromatic N) is 2. The van der Waals surface area contributed by atoms with Crippen molar-refractivity contribution in [2.75, 3.05) is 31.1 Å². The molecule has 0 saturated carbocycles. The highest BCUT2D eigenvalue weighted by molar-refractivity contribution is 5.94. The molecule has 120 valence electrons. The van der Waals surface area contributed by atoms with Crippen molar-refractivity contribution in [1.29, 1.82) is 0 Å². The van der Waals surface area contributed by atoms with E-state index >= 15 is 0 Å². The molecular formula is C17H19N3O3. The number of carbonyl (C=O) groups excluding carboxylic acids is 1. The monoisotopic (exact) mass is 313 g/mol. The summed E-state index contributed by atoms with van der Waals surface area (Å²) in [5.41, 5.74) is 2.10. The Bertz CT molecular complexity index is 777. The first-order valence-corrected chi connectivity index (χ1v) is 7.57. The highest BCUT2D eigenvalue weighted by Gasteiger charge is 2.23. The minimum absolute atomic E-state index is 0.218. The van der Waals surface area contributed by atoms with Gasteiger partial charge in [0.05, 0.1) is 5.56 Å². The van der Waals surface area contributed by atoms with Gasteiger partial charge in [0.25, 0.3) is 11.5 Å². The Morgan fingerprint density at radius 3 is 2.52 bits per heavy atom. The lowest BCUT2D eigenvalue weighted by molar-refractivity contribution is 0.0746.